The summed E-state index contributed by atoms with van der Waals surface area (Å²) in [6.45, 7) is 0.586. The summed E-state index contributed by atoms with van der Waals surface area (Å²) in [5.74, 6) is 0.607. The molecule has 0 aliphatic heterocycles. The van der Waals surface area contributed by atoms with Crippen LogP contribution < -0.4 is 14.8 Å². The van der Waals surface area contributed by atoms with E-state index in [2.05, 4.69) is 5.32 Å². The Balaban J connectivity index is 1.72. The molecule has 2 rings (SSSR count). The third-order valence-corrected chi connectivity index (χ3v) is 3.39. The quantitative estimate of drug-likeness (QED) is 0.789. The number of hydrogen-bond acceptors (Lipinski definition) is 3. The molecule has 4 nitrogen and oxygen atoms in total. The monoisotopic (exact) mass is 337 g/mol. The van der Waals surface area contributed by atoms with Crippen LogP contribution in [0, 0.1) is 5.82 Å². The first-order valence-electron chi connectivity index (χ1n) is 7.06. The highest BCUT2D eigenvalue weighted by molar-refractivity contribution is 6.32. The maximum Gasteiger partial charge on any atom is 0.224 e. The topological polar surface area (TPSA) is 47.6 Å². The number of nitrogens with one attached hydrogen (secondary N) is 1. The molecule has 1 N–H and O–H groups in total. The van der Waals surface area contributed by atoms with Gasteiger partial charge in [-0.05, 0) is 35.9 Å². The molecule has 0 atom stereocenters. The van der Waals surface area contributed by atoms with Gasteiger partial charge < -0.3 is 14.8 Å². The van der Waals surface area contributed by atoms with Gasteiger partial charge in [-0.25, -0.2) is 4.39 Å². The Bertz CT molecular complexity index is 661. The van der Waals surface area contributed by atoms with E-state index >= 15 is 0 Å². The molecule has 0 radical (unpaired) electrons. The highest BCUT2D eigenvalue weighted by Crippen LogP contribution is 2.24. The number of ether oxygens (including phenoxy) is 2. The van der Waals surface area contributed by atoms with Crippen LogP contribution >= 0.6 is 11.6 Å². The molecule has 122 valence electrons. The Morgan fingerprint density at radius 2 is 1.96 bits per heavy atom. The lowest BCUT2D eigenvalue weighted by molar-refractivity contribution is -0.120. The Kier molecular flexibility index (Phi) is 6.23. The minimum absolute atomic E-state index is 0.107. The number of rotatable bonds is 7. The molecular weight excluding hydrogens is 321 g/mol. The van der Waals surface area contributed by atoms with Crippen LogP contribution in [0.5, 0.6) is 11.5 Å². The van der Waals surface area contributed by atoms with Crippen molar-refractivity contribution in [2.24, 2.45) is 0 Å². The second-order valence-electron chi connectivity index (χ2n) is 4.80. The lowest BCUT2D eigenvalue weighted by Gasteiger charge is -2.09. The van der Waals surface area contributed by atoms with E-state index < -0.39 is 5.82 Å². The van der Waals surface area contributed by atoms with Crippen LogP contribution in [-0.4, -0.2) is 26.2 Å². The van der Waals surface area contributed by atoms with Gasteiger partial charge in [-0.3, -0.25) is 4.79 Å². The maximum atomic E-state index is 12.9. The zero-order chi connectivity index (χ0) is 16.7. The molecule has 2 aromatic carbocycles. The summed E-state index contributed by atoms with van der Waals surface area (Å²) in [6, 6.07) is 11.2. The molecule has 1 amide bonds. The standard InChI is InChI=1S/C17H17ClFNO3/c1-22-14-5-2-12(3-6-14)10-17(21)20-8-9-23-16-7-4-13(19)11-15(16)18/h2-7,11H,8-10H2,1H3,(H,20,21). The molecule has 0 heterocycles. The minimum atomic E-state index is -0.421. The first-order valence-corrected chi connectivity index (χ1v) is 7.44. The zero-order valence-corrected chi connectivity index (χ0v) is 13.4. The molecule has 6 heteroatoms. The summed E-state index contributed by atoms with van der Waals surface area (Å²) in [5, 5.41) is 2.95. The van der Waals surface area contributed by atoms with Gasteiger partial charge in [0.2, 0.25) is 5.91 Å². The largest absolute Gasteiger partial charge is 0.497 e. The SMILES string of the molecule is COc1ccc(CC(=O)NCCOc2ccc(F)cc2Cl)cc1. The van der Waals surface area contributed by atoms with Gasteiger partial charge in [-0.1, -0.05) is 23.7 Å². The van der Waals surface area contributed by atoms with E-state index in [1.165, 1.54) is 18.2 Å². The first-order chi connectivity index (χ1) is 11.1. The Morgan fingerprint density at radius 1 is 1.22 bits per heavy atom. The van der Waals surface area contributed by atoms with Gasteiger partial charge in [-0.2, -0.15) is 0 Å². The van der Waals surface area contributed by atoms with E-state index in [4.69, 9.17) is 21.1 Å². The van der Waals surface area contributed by atoms with Gasteiger partial charge in [0.05, 0.1) is 25.1 Å². The molecule has 0 aliphatic carbocycles. The second kappa shape index (κ2) is 8.39. The van der Waals surface area contributed by atoms with Crippen LogP contribution in [-0.2, 0) is 11.2 Å². The Hall–Kier alpha value is -2.27. The van der Waals surface area contributed by atoms with Crippen molar-refractivity contribution in [1.82, 2.24) is 5.32 Å². The number of benzene rings is 2. The summed E-state index contributed by atoms with van der Waals surface area (Å²) in [6.07, 6.45) is 0.279. The van der Waals surface area contributed by atoms with Crippen LogP contribution in [0.3, 0.4) is 0 Å². The number of hydrogen-bond donors (Lipinski definition) is 1. The second-order valence-corrected chi connectivity index (χ2v) is 5.21. The van der Waals surface area contributed by atoms with Crippen LogP contribution in [0.15, 0.2) is 42.5 Å². The van der Waals surface area contributed by atoms with Crippen molar-refractivity contribution in [3.05, 3.63) is 58.9 Å². The smallest absolute Gasteiger partial charge is 0.224 e. The predicted octanol–water partition coefficient (Wildman–Crippen LogP) is 3.23. The van der Waals surface area contributed by atoms with Gasteiger partial charge in [0.1, 0.15) is 23.9 Å². The van der Waals surface area contributed by atoms with Gasteiger partial charge >= 0.3 is 0 Å². The van der Waals surface area contributed by atoms with E-state index in [9.17, 15) is 9.18 Å². The molecule has 23 heavy (non-hydrogen) atoms. The Labute approximate surface area is 139 Å². The highest BCUT2D eigenvalue weighted by Gasteiger charge is 2.05. The number of halogens is 2. The van der Waals surface area contributed by atoms with Crippen molar-refractivity contribution >= 4 is 17.5 Å². The number of methoxy groups -OCH3 is 1. The molecule has 0 spiro atoms. The molecule has 0 saturated carbocycles. The summed E-state index contributed by atoms with van der Waals surface area (Å²) >= 11 is 5.84. The molecule has 2 aromatic rings. The molecular formula is C17H17ClFNO3. The maximum absolute atomic E-state index is 12.9. The van der Waals surface area contributed by atoms with Gasteiger partial charge in [0, 0.05) is 0 Å². The summed E-state index contributed by atoms with van der Waals surface area (Å²) < 4.78 is 23.3. The van der Waals surface area contributed by atoms with Crippen molar-refractivity contribution in [3.8, 4) is 11.5 Å². The van der Waals surface area contributed by atoms with Crippen LogP contribution in [0.4, 0.5) is 4.39 Å². The van der Waals surface area contributed by atoms with E-state index in [-0.39, 0.29) is 24.0 Å². The summed E-state index contributed by atoms with van der Waals surface area (Å²) in [5.41, 5.74) is 0.894. The molecule has 0 fully saturated rings. The molecule has 0 aliphatic rings. The molecule has 0 saturated heterocycles. The Morgan fingerprint density at radius 3 is 2.61 bits per heavy atom. The van der Waals surface area contributed by atoms with E-state index in [0.717, 1.165) is 11.3 Å². The predicted molar refractivity (Wildman–Crippen MR) is 86.6 cm³/mol. The van der Waals surface area contributed by atoms with Gasteiger partial charge in [0.15, 0.2) is 0 Å². The number of amides is 1. The van der Waals surface area contributed by atoms with Crippen molar-refractivity contribution in [2.45, 2.75) is 6.42 Å². The first kappa shape index (κ1) is 17.1. The normalized spacial score (nSPS) is 10.2. The molecule has 0 unspecified atom stereocenters. The average Bonchev–Trinajstić information content (AvgIpc) is 2.54. The van der Waals surface area contributed by atoms with Crippen molar-refractivity contribution < 1.29 is 18.7 Å². The summed E-state index contributed by atoms with van der Waals surface area (Å²) in [4.78, 5) is 11.8. The van der Waals surface area contributed by atoms with Crippen molar-refractivity contribution in [3.63, 3.8) is 0 Å². The lowest BCUT2D eigenvalue weighted by atomic mass is 10.1. The van der Waals surface area contributed by atoms with E-state index in [1.54, 1.807) is 7.11 Å². The fourth-order valence-electron chi connectivity index (χ4n) is 1.93. The van der Waals surface area contributed by atoms with Crippen molar-refractivity contribution in [2.75, 3.05) is 20.3 Å². The van der Waals surface area contributed by atoms with Gasteiger partial charge in [-0.15, -0.1) is 0 Å². The van der Waals surface area contributed by atoms with E-state index in [1.807, 2.05) is 24.3 Å². The van der Waals surface area contributed by atoms with Crippen LogP contribution in [0.2, 0.25) is 5.02 Å². The number of carbonyl (C=O) groups excluding carboxylic acids is 1. The lowest BCUT2D eigenvalue weighted by Crippen LogP contribution is -2.29. The zero-order valence-electron chi connectivity index (χ0n) is 12.6. The van der Waals surface area contributed by atoms with Crippen molar-refractivity contribution in [1.29, 1.82) is 0 Å². The third-order valence-electron chi connectivity index (χ3n) is 3.10. The fraction of sp³-hybridized carbons (Fsp3) is 0.235. The number of carbonyl (C=O) groups is 1. The van der Waals surface area contributed by atoms with E-state index in [0.29, 0.717) is 12.3 Å². The molecule has 0 aromatic heterocycles. The van der Waals surface area contributed by atoms with Gasteiger partial charge in [0.25, 0.3) is 0 Å². The third kappa shape index (κ3) is 5.45. The minimum Gasteiger partial charge on any atom is -0.497 e. The summed E-state index contributed by atoms with van der Waals surface area (Å²) in [7, 11) is 1.59. The fourth-order valence-corrected chi connectivity index (χ4v) is 2.16. The molecule has 0 bridgehead atoms. The van der Waals surface area contributed by atoms with Crippen LogP contribution in [0.1, 0.15) is 5.56 Å². The van der Waals surface area contributed by atoms with Crippen LogP contribution in [0.25, 0.3) is 0 Å². The highest BCUT2D eigenvalue weighted by atomic mass is 35.5. The average molecular weight is 338 g/mol.